The van der Waals surface area contributed by atoms with E-state index in [2.05, 4.69) is 0 Å². The van der Waals surface area contributed by atoms with E-state index in [0.29, 0.717) is 11.3 Å². The molecule has 2 aliphatic heterocycles. The van der Waals surface area contributed by atoms with Crippen molar-refractivity contribution in [2.75, 3.05) is 23.0 Å². The second-order valence-corrected chi connectivity index (χ2v) is 9.97. The number of sulfone groups is 1. The quantitative estimate of drug-likeness (QED) is 0.507. The maximum atomic E-state index is 12.9. The van der Waals surface area contributed by atoms with Gasteiger partial charge in [-0.05, 0) is 38.3 Å². The number of aryl methyl sites for hydroxylation is 1. The van der Waals surface area contributed by atoms with Gasteiger partial charge in [0.15, 0.2) is 9.84 Å². The number of carbonyl (C=O) groups is 4. The Balaban J connectivity index is 1.53. The first-order valence-corrected chi connectivity index (χ1v) is 11.3. The highest BCUT2D eigenvalue weighted by molar-refractivity contribution is 7.91. The van der Waals surface area contributed by atoms with Gasteiger partial charge in [0, 0.05) is 12.1 Å². The summed E-state index contributed by atoms with van der Waals surface area (Å²) in [7, 11) is -3.19. The third kappa shape index (κ3) is 3.64. The van der Waals surface area contributed by atoms with Crippen molar-refractivity contribution in [2.45, 2.75) is 38.3 Å². The zero-order valence-electron chi connectivity index (χ0n) is 15.9. The Hall–Kier alpha value is -2.75. The van der Waals surface area contributed by atoms with Gasteiger partial charge in [-0.3, -0.25) is 14.4 Å². The largest absolute Gasteiger partial charge is 0.339 e. The molecule has 5 amide bonds. The molecule has 29 heavy (non-hydrogen) atoms. The average molecular weight is 419 g/mol. The summed E-state index contributed by atoms with van der Waals surface area (Å²) >= 11 is 0. The lowest BCUT2D eigenvalue weighted by Crippen LogP contribution is -2.49. The molecule has 1 saturated carbocycles. The van der Waals surface area contributed by atoms with Crippen LogP contribution in [0.15, 0.2) is 24.3 Å². The first kappa shape index (κ1) is 19.6. The molecule has 0 aromatic heterocycles. The van der Waals surface area contributed by atoms with E-state index in [9.17, 15) is 27.6 Å². The first-order valence-electron chi connectivity index (χ1n) is 9.46. The lowest BCUT2D eigenvalue weighted by Gasteiger charge is -2.29. The smallest absolute Gasteiger partial charge is 0.334 e. The number of hydrogen-bond acceptors (Lipinski definition) is 6. The van der Waals surface area contributed by atoms with Gasteiger partial charge in [0.2, 0.25) is 5.91 Å². The molecule has 0 bridgehead atoms. The van der Waals surface area contributed by atoms with Crippen LogP contribution in [-0.2, 0) is 24.2 Å². The Morgan fingerprint density at radius 1 is 1.03 bits per heavy atom. The van der Waals surface area contributed by atoms with Gasteiger partial charge in [0.05, 0.1) is 17.2 Å². The van der Waals surface area contributed by atoms with E-state index in [0.717, 1.165) is 23.3 Å². The van der Waals surface area contributed by atoms with Crippen molar-refractivity contribution in [3.63, 3.8) is 0 Å². The fourth-order valence-electron chi connectivity index (χ4n) is 3.84. The zero-order chi connectivity index (χ0) is 20.9. The molecule has 9 nitrogen and oxygen atoms in total. The summed E-state index contributed by atoms with van der Waals surface area (Å²) in [6.45, 7) is 1.28. The van der Waals surface area contributed by atoms with Gasteiger partial charge in [-0.15, -0.1) is 0 Å². The second kappa shape index (κ2) is 6.94. The minimum absolute atomic E-state index is 0.0232. The predicted octanol–water partition coefficient (Wildman–Crippen LogP) is 0.468. The van der Waals surface area contributed by atoms with Crippen LogP contribution in [0.4, 0.5) is 10.5 Å². The number of nitrogens with zero attached hydrogens (tertiary/aromatic N) is 3. The summed E-state index contributed by atoms with van der Waals surface area (Å²) in [6.07, 6.45) is 1.87. The lowest BCUT2D eigenvalue weighted by molar-refractivity contribution is -0.143. The van der Waals surface area contributed by atoms with Crippen LogP contribution >= 0.6 is 0 Å². The monoisotopic (exact) mass is 419 g/mol. The van der Waals surface area contributed by atoms with Gasteiger partial charge in [-0.1, -0.05) is 17.7 Å². The molecular weight excluding hydrogens is 398 g/mol. The Labute approximate surface area is 168 Å². The van der Waals surface area contributed by atoms with E-state index in [1.165, 1.54) is 4.90 Å². The molecule has 0 radical (unpaired) electrons. The molecule has 0 spiro atoms. The van der Waals surface area contributed by atoms with Gasteiger partial charge >= 0.3 is 17.8 Å². The van der Waals surface area contributed by atoms with Crippen LogP contribution in [0, 0.1) is 6.92 Å². The van der Waals surface area contributed by atoms with E-state index in [1.807, 2.05) is 6.92 Å². The maximum absolute atomic E-state index is 12.9. The van der Waals surface area contributed by atoms with Crippen LogP contribution in [0.2, 0.25) is 0 Å². The van der Waals surface area contributed by atoms with Crippen molar-refractivity contribution in [1.29, 1.82) is 0 Å². The minimum atomic E-state index is -3.19. The predicted molar refractivity (Wildman–Crippen MR) is 103 cm³/mol. The van der Waals surface area contributed by atoms with Crippen LogP contribution < -0.4 is 4.90 Å². The number of benzene rings is 1. The van der Waals surface area contributed by atoms with Crippen molar-refractivity contribution in [1.82, 2.24) is 9.80 Å². The first-order chi connectivity index (χ1) is 13.7. The molecule has 3 fully saturated rings. The van der Waals surface area contributed by atoms with Crippen LogP contribution in [-0.4, -0.2) is 72.1 Å². The van der Waals surface area contributed by atoms with Gasteiger partial charge in [0.1, 0.15) is 6.54 Å². The van der Waals surface area contributed by atoms with Crippen LogP contribution in [0.5, 0.6) is 0 Å². The van der Waals surface area contributed by atoms with Crippen LogP contribution in [0.3, 0.4) is 0 Å². The van der Waals surface area contributed by atoms with E-state index < -0.39 is 46.2 Å². The maximum Gasteiger partial charge on any atom is 0.339 e. The summed E-state index contributed by atoms with van der Waals surface area (Å²) in [5, 5.41) is 0. The van der Waals surface area contributed by atoms with Crippen molar-refractivity contribution in [2.24, 2.45) is 0 Å². The molecule has 0 unspecified atom stereocenters. The standard InChI is InChI=1S/C19H21N3O6S/c1-12-2-4-14(5-3-12)22-18(25)17(24)20(19(22)26)10-16(23)21(13-6-7-13)15-8-9-29(27,28)11-15/h2-5,13,15H,6-11H2,1H3/t15-/m0/s1. The van der Waals surface area contributed by atoms with E-state index in [1.54, 1.807) is 24.3 Å². The summed E-state index contributed by atoms with van der Waals surface area (Å²) in [6, 6.07) is 5.15. The molecule has 1 aromatic rings. The number of hydrogen-bond donors (Lipinski definition) is 0. The van der Waals surface area contributed by atoms with Gasteiger partial charge < -0.3 is 4.90 Å². The van der Waals surface area contributed by atoms with Crippen LogP contribution in [0.25, 0.3) is 0 Å². The third-order valence-electron chi connectivity index (χ3n) is 5.47. The molecule has 1 atom stereocenters. The molecule has 1 aromatic carbocycles. The van der Waals surface area contributed by atoms with E-state index >= 15 is 0 Å². The molecule has 10 heteroatoms. The molecule has 3 aliphatic rings. The van der Waals surface area contributed by atoms with Gasteiger partial charge in [-0.2, -0.15) is 0 Å². The third-order valence-corrected chi connectivity index (χ3v) is 7.22. The fraction of sp³-hybridized carbons (Fsp3) is 0.474. The number of anilines is 1. The Morgan fingerprint density at radius 2 is 1.69 bits per heavy atom. The number of imide groups is 2. The molecular formula is C19H21N3O6S. The highest BCUT2D eigenvalue weighted by atomic mass is 32.2. The summed E-state index contributed by atoms with van der Waals surface area (Å²) < 4.78 is 23.6. The zero-order valence-corrected chi connectivity index (χ0v) is 16.7. The number of amides is 5. The van der Waals surface area contributed by atoms with Crippen molar-refractivity contribution in [3.8, 4) is 0 Å². The Kier molecular flexibility index (Phi) is 4.68. The molecule has 0 N–H and O–H groups in total. The van der Waals surface area contributed by atoms with E-state index in [4.69, 9.17) is 0 Å². The Morgan fingerprint density at radius 3 is 2.24 bits per heavy atom. The van der Waals surface area contributed by atoms with Crippen molar-refractivity contribution < 1.29 is 27.6 Å². The number of rotatable bonds is 5. The molecule has 2 saturated heterocycles. The van der Waals surface area contributed by atoms with Crippen molar-refractivity contribution >= 4 is 39.3 Å². The molecule has 4 rings (SSSR count). The number of carbonyl (C=O) groups excluding carboxylic acids is 4. The summed E-state index contributed by atoms with van der Waals surface area (Å²) in [5.41, 5.74) is 1.19. The summed E-state index contributed by atoms with van der Waals surface area (Å²) in [4.78, 5) is 53.3. The fourth-order valence-corrected chi connectivity index (χ4v) is 5.55. The highest BCUT2D eigenvalue weighted by Gasteiger charge is 2.48. The Bertz CT molecular complexity index is 999. The van der Waals surface area contributed by atoms with Crippen LogP contribution in [0.1, 0.15) is 24.8 Å². The average Bonchev–Trinajstić information content (AvgIpc) is 3.39. The highest BCUT2D eigenvalue weighted by Crippen LogP contribution is 2.33. The normalized spacial score (nSPS) is 23.8. The van der Waals surface area contributed by atoms with Crippen molar-refractivity contribution in [3.05, 3.63) is 29.8 Å². The second-order valence-electron chi connectivity index (χ2n) is 7.74. The van der Waals surface area contributed by atoms with E-state index in [-0.39, 0.29) is 23.2 Å². The number of urea groups is 1. The molecule has 1 aliphatic carbocycles. The summed E-state index contributed by atoms with van der Waals surface area (Å²) in [5.74, 6) is -2.65. The van der Waals surface area contributed by atoms with Gasteiger partial charge in [-0.25, -0.2) is 23.0 Å². The van der Waals surface area contributed by atoms with Gasteiger partial charge in [0.25, 0.3) is 0 Å². The topological polar surface area (TPSA) is 112 Å². The molecule has 2 heterocycles. The SMILES string of the molecule is Cc1ccc(N2C(=O)C(=O)N(CC(=O)N(C3CC3)[C@H]3CCS(=O)(=O)C3)C2=O)cc1. The lowest BCUT2D eigenvalue weighted by atomic mass is 10.2. The minimum Gasteiger partial charge on any atom is -0.334 e. The molecule has 154 valence electrons.